The molecule has 2 amide bonds. The second-order valence-corrected chi connectivity index (χ2v) is 6.62. The minimum atomic E-state index is -0.552. The van der Waals surface area contributed by atoms with Crippen LogP contribution in [0.2, 0.25) is 0 Å². The van der Waals surface area contributed by atoms with Crippen molar-refractivity contribution in [3.63, 3.8) is 0 Å². The number of hydrogen-bond acceptors (Lipinski definition) is 5. The van der Waals surface area contributed by atoms with Gasteiger partial charge in [-0.05, 0) is 11.1 Å². The lowest BCUT2D eigenvalue weighted by molar-refractivity contribution is -0.384. The molecule has 3 aromatic carbocycles. The van der Waals surface area contributed by atoms with Crippen molar-refractivity contribution in [3.05, 3.63) is 112 Å². The number of carbonyl (C=O) groups is 2. The van der Waals surface area contributed by atoms with Crippen molar-refractivity contribution < 1.29 is 14.5 Å². The van der Waals surface area contributed by atoms with Gasteiger partial charge in [-0.25, -0.2) is 5.43 Å². The van der Waals surface area contributed by atoms with Gasteiger partial charge in [-0.2, -0.15) is 5.10 Å². The van der Waals surface area contributed by atoms with Crippen LogP contribution in [0.1, 0.15) is 22.6 Å². The second kappa shape index (κ2) is 10.4. The van der Waals surface area contributed by atoms with E-state index in [9.17, 15) is 19.7 Å². The number of hydrogen-bond donors (Lipinski definition) is 2. The molecule has 0 fully saturated rings. The molecule has 0 radical (unpaired) electrons. The molecule has 0 atom stereocenters. The van der Waals surface area contributed by atoms with E-state index in [2.05, 4.69) is 15.8 Å². The fourth-order valence-corrected chi connectivity index (χ4v) is 2.99. The normalized spacial score (nSPS) is 10.7. The third-order valence-electron chi connectivity index (χ3n) is 4.44. The van der Waals surface area contributed by atoms with Crippen LogP contribution in [0, 0.1) is 10.1 Å². The smallest absolute Gasteiger partial charge is 0.270 e. The maximum Gasteiger partial charge on any atom is 0.270 e. The lowest BCUT2D eigenvalue weighted by Crippen LogP contribution is -2.37. The van der Waals surface area contributed by atoms with Crippen LogP contribution in [0.15, 0.2) is 90.0 Å². The Morgan fingerprint density at radius 2 is 1.55 bits per heavy atom. The third-order valence-corrected chi connectivity index (χ3v) is 4.44. The summed E-state index contributed by atoms with van der Waals surface area (Å²) in [6.07, 6.45) is 1.30. The summed E-state index contributed by atoms with van der Waals surface area (Å²) in [5, 5.41) is 17.2. The van der Waals surface area contributed by atoms with E-state index in [0.717, 1.165) is 11.1 Å². The molecule has 0 aromatic heterocycles. The predicted molar refractivity (Wildman–Crippen MR) is 117 cm³/mol. The highest BCUT2D eigenvalue weighted by atomic mass is 16.6. The molecular weight excluding hydrogens is 396 g/mol. The molecule has 0 saturated heterocycles. The highest BCUT2D eigenvalue weighted by Crippen LogP contribution is 2.24. The Morgan fingerprint density at radius 1 is 0.935 bits per heavy atom. The lowest BCUT2D eigenvalue weighted by Gasteiger charge is -2.17. The number of nitrogens with zero attached hydrogens (tertiary/aromatic N) is 2. The Bertz CT molecular complexity index is 1050. The van der Waals surface area contributed by atoms with Gasteiger partial charge >= 0.3 is 0 Å². The molecule has 8 nitrogen and oxygen atoms in total. The summed E-state index contributed by atoms with van der Waals surface area (Å²) in [4.78, 5) is 35.2. The number of nitro groups is 1. The van der Waals surface area contributed by atoms with E-state index in [1.165, 1.54) is 24.4 Å². The van der Waals surface area contributed by atoms with Crippen molar-refractivity contribution in [1.82, 2.24) is 10.7 Å². The topological polar surface area (TPSA) is 114 Å². The van der Waals surface area contributed by atoms with E-state index >= 15 is 0 Å². The highest BCUT2D eigenvalue weighted by molar-refractivity contribution is 5.91. The van der Waals surface area contributed by atoms with E-state index in [4.69, 9.17) is 0 Å². The first-order chi connectivity index (χ1) is 15.0. The number of nitrogens with one attached hydrogen (secondary N) is 2. The van der Waals surface area contributed by atoms with Crippen LogP contribution in [0.3, 0.4) is 0 Å². The van der Waals surface area contributed by atoms with Crippen LogP contribution in [0.4, 0.5) is 5.69 Å². The van der Waals surface area contributed by atoms with Gasteiger partial charge in [0.05, 0.1) is 23.6 Å². The highest BCUT2D eigenvalue weighted by Gasteiger charge is 2.22. The van der Waals surface area contributed by atoms with Gasteiger partial charge in [0, 0.05) is 17.7 Å². The molecule has 3 rings (SSSR count). The van der Waals surface area contributed by atoms with Crippen molar-refractivity contribution in [1.29, 1.82) is 0 Å². The molecule has 2 N–H and O–H groups in total. The Hall–Kier alpha value is -4.33. The zero-order chi connectivity index (χ0) is 22.1. The van der Waals surface area contributed by atoms with Gasteiger partial charge < -0.3 is 5.32 Å². The minimum absolute atomic E-state index is 0.0737. The number of benzene rings is 3. The van der Waals surface area contributed by atoms with Crippen LogP contribution in [0.5, 0.6) is 0 Å². The first kappa shape index (κ1) is 21.4. The summed E-state index contributed by atoms with van der Waals surface area (Å²) < 4.78 is 0. The average molecular weight is 416 g/mol. The molecule has 31 heavy (non-hydrogen) atoms. The second-order valence-electron chi connectivity index (χ2n) is 6.62. The molecule has 0 aliphatic heterocycles. The van der Waals surface area contributed by atoms with Crippen molar-refractivity contribution in [2.45, 2.75) is 5.92 Å². The summed E-state index contributed by atoms with van der Waals surface area (Å²) in [6, 6.07) is 24.4. The molecule has 0 spiro atoms. The molecule has 0 heterocycles. The standard InChI is InChI=1S/C23H20N4O4/c28-21(26-25-15-17-8-7-13-20(14-17)27(30)31)16-24-23(29)22(18-9-3-1-4-10-18)19-11-5-2-6-12-19/h1-15,22H,16H2,(H,24,29)(H,26,28)/b25-15-. The minimum Gasteiger partial charge on any atom is -0.346 e. The quantitative estimate of drug-likeness (QED) is 0.334. The number of nitro benzene ring substituents is 1. The number of amides is 2. The summed E-state index contributed by atoms with van der Waals surface area (Å²) >= 11 is 0. The maximum absolute atomic E-state index is 12.9. The first-order valence-corrected chi connectivity index (χ1v) is 9.48. The van der Waals surface area contributed by atoms with E-state index in [1.807, 2.05) is 60.7 Å². The average Bonchev–Trinajstić information content (AvgIpc) is 2.79. The van der Waals surface area contributed by atoms with E-state index in [-0.39, 0.29) is 18.1 Å². The Kier molecular flexibility index (Phi) is 7.21. The molecular formula is C23H20N4O4. The fourth-order valence-electron chi connectivity index (χ4n) is 2.99. The van der Waals surface area contributed by atoms with Crippen molar-refractivity contribution in [2.24, 2.45) is 5.10 Å². The largest absolute Gasteiger partial charge is 0.346 e. The Morgan fingerprint density at radius 3 is 2.13 bits per heavy atom. The Balaban J connectivity index is 1.60. The monoisotopic (exact) mass is 416 g/mol. The van der Waals surface area contributed by atoms with Crippen molar-refractivity contribution in [2.75, 3.05) is 6.54 Å². The molecule has 0 unspecified atom stereocenters. The summed E-state index contributed by atoms with van der Waals surface area (Å²) in [7, 11) is 0. The number of non-ortho nitro benzene ring substituents is 1. The van der Waals surface area contributed by atoms with Gasteiger partial charge in [0.25, 0.3) is 11.6 Å². The van der Waals surface area contributed by atoms with Crippen LogP contribution in [-0.2, 0) is 9.59 Å². The van der Waals surface area contributed by atoms with E-state index < -0.39 is 16.7 Å². The summed E-state index contributed by atoms with van der Waals surface area (Å²) in [6.45, 7) is -0.263. The predicted octanol–water partition coefficient (Wildman–Crippen LogP) is 2.99. The van der Waals surface area contributed by atoms with Gasteiger partial charge in [-0.1, -0.05) is 72.8 Å². The van der Waals surface area contributed by atoms with Gasteiger partial charge in [0.15, 0.2) is 0 Å². The summed E-state index contributed by atoms with van der Waals surface area (Å²) in [5.41, 5.74) is 4.32. The number of rotatable bonds is 8. The van der Waals surface area contributed by atoms with E-state index in [0.29, 0.717) is 5.56 Å². The molecule has 0 aliphatic carbocycles. The molecule has 0 bridgehead atoms. The van der Waals surface area contributed by atoms with Gasteiger partial charge in [0.2, 0.25) is 5.91 Å². The molecule has 0 aliphatic rings. The number of hydrazone groups is 1. The van der Waals surface area contributed by atoms with Gasteiger partial charge in [0.1, 0.15) is 0 Å². The summed E-state index contributed by atoms with van der Waals surface area (Å²) in [5.74, 6) is -1.38. The maximum atomic E-state index is 12.9. The van der Waals surface area contributed by atoms with Crippen molar-refractivity contribution >= 4 is 23.7 Å². The zero-order valence-corrected chi connectivity index (χ0v) is 16.5. The molecule has 0 saturated carbocycles. The van der Waals surface area contributed by atoms with Crippen LogP contribution >= 0.6 is 0 Å². The van der Waals surface area contributed by atoms with Crippen LogP contribution in [0.25, 0.3) is 0 Å². The van der Waals surface area contributed by atoms with Gasteiger partial charge in [-0.15, -0.1) is 0 Å². The number of carbonyl (C=O) groups excluding carboxylic acids is 2. The van der Waals surface area contributed by atoms with Crippen molar-refractivity contribution in [3.8, 4) is 0 Å². The molecule has 8 heteroatoms. The van der Waals surface area contributed by atoms with Gasteiger partial charge in [-0.3, -0.25) is 19.7 Å². The Labute approximate surface area is 178 Å². The molecule has 3 aromatic rings. The fraction of sp³-hybridized carbons (Fsp3) is 0.0870. The zero-order valence-electron chi connectivity index (χ0n) is 16.5. The third kappa shape index (κ3) is 6.07. The van der Waals surface area contributed by atoms with Crippen LogP contribution in [-0.4, -0.2) is 29.5 Å². The van der Waals surface area contributed by atoms with E-state index in [1.54, 1.807) is 6.07 Å². The SMILES string of the molecule is O=C(CNC(=O)C(c1ccccc1)c1ccccc1)N/N=C\c1cccc([N+](=O)[O-])c1. The first-order valence-electron chi connectivity index (χ1n) is 9.48. The lowest BCUT2D eigenvalue weighted by atomic mass is 9.90. The molecule has 156 valence electrons. The van der Waals surface area contributed by atoms with Crippen LogP contribution < -0.4 is 10.7 Å².